The zero-order chi connectivity index (χ0) is 13.7. The van der Waals surface area contributed by atoms with Gasteiger partial charge in [0.15, 0.2) is 5.82 Å². The van der Waals surface area contributed by atoms with Crippen LogP contribution in [0.4, 0.5) is 5.82 Å². The summed E-state index contributed by atoms with van der Waals surface area (Å²) in [5.41, 5.74) is 0.802. The lowest BCUT2D eigenvalue weighted by Gasteiger charge is -2.08. The number of benzene rings is 1. The smallest absolute Gasteiger partial charge is 0.156 e. The molecular weight excluding hydrogens is 234 g/mol. The van der Waals surface area contributed by atoms with Crippen LogP contribution in [0.15, 0.2) is 30.5 Å². The van der Waals surface area contributed by atoms with E-state index in [-0.39, 0.29) is 0 Å². The van der Waals surface area contributed by atoms with Crippen molar-refractivity contribution in [1.29, 1.82) is 0 Å². The average Bonchev–Trinajstić information content (AvgIpc) is 2.77. The first-order valence-electron chi connectivity index (χ1n) is 6.89. The molecule has 0 atom stereocenters. The molecule has 1 aliphatic rings. The fourth-order valence-electron chi connectivity index (χ4n) is 3.20. The van der Waals surface area contributed by atoms with Gasteiger partial charge in [-0.2, -0.15) is 5.10 Å². The molecule has 0 aliphatic heterocycles. The van der Waals surface area contributed by atoms with Gasteiger partial charge in [0, 0.05) is 17.3 Å². The minimum atomic E-state index is 0.401. The average molecular weight is 255 g/mol. The number of rotatable bonds is 3. The van der Waals surface area contributed by atoms with E-state index < -0.39 is 0 Å². The Morgan fingerprint density at radius 3 is 2.47 bits per heavy atom. The number of anilines is 1. The third kappa shape index (κ3) is 1.79. The molecule has 1 aromatic heterocycles. The van der Waals surface area contributed by atoms with Crippen molar-refractivity contribution in [2.45, 2.75) is 27.7 Å². The summed E-state index contributed by atoms with van der Waals surface area (Å²) in [6.45, 7) is 10.3. The standard InChI is InChI=1S/C16H21N3/c1-15(2)13(16(15,3)4)10-17-14-12-8-6-5-7-11(12)9-18-19-14/h5-9,13H,10H2,1-4H3,(H,17,19). The summed E-state index contributed by atoms with van der Waals surface area (Å²) in [6, 6.07) is 8.23. The Kier molecular flexibility index (Phi) is 2.56. The Bertz CT molecular complexity index is 597. The molecule has 1 N–H and O–H groups in total. The molecule has 1 aliphatic carbocycles. The zero-order valence-corrected chi connectivity index (χ0v) is 12.1. The molecule has 0 unspecified atom stereocenters. The third-order valence-electron chi connectivity index (χ3n) is 5.36. The topological polar surface area (TPSA) is 37.8 Å². The fraction of sp³-hybridized carbons (Fsp3) is 0.500. The second-order valence-electron chi connectivity index (χ2n) is 6.66. The summed E-state index contributed by atoms with van der Waals surface area (Å²) in [4.78, 5) is 0. The second kappa shape index (κ2) is 3.92. The summed E-state index contributed by atoms with van der Waals surface area (Å²) in [5.74, 6) is 1.58. The maximum absolute atomic E-state index is 4.24. The Balaban J connectivity index is 1.81. The van der Waals surface area contributed by atoms with Crippen LogP contribution in [0.1, 0.15) is 27.7 Å². The summed E-state index contributed by atoms with van der Waals surface area (Å²) in [6.07, 6.45) is 1.81. The summed E-state index contributed by atoms with van der Waals surface area (Å²) < 4.78 is 0. The van der Waals surface area contributed by atoms with Gasteiger partial charge in [-0.15, -0.1) is 5.10 Å². The number of fused-ring (bicyclic) bond motifs is 1. The normalized spacial score (nSPS) is 20.4. The van der Waals surface area contributed by atoms with Gasteiger partial charge in [-0.05, 0) is 16.7 Å². The molecule has 1 heterocycles. The van der Waals surface area contributed by atoms with Crippen LogP contribution < -0.4 is 5.32 Å². The lowest BCUT2D eigenvalue weighted by molar-refractivity contribution is 0.457. The Morgan fingerprint density at radius 2 is 1.79 bits per heavy atom. The SMILES string of the molecule is CC1(C)C(CNc2nncc3ccccc23)C1(C)C. The molecule has 0 radical (unpaired) electrons. The molecule has 0 bridgehead atoms. The number of nitrogens with one attached hydrogen (secondary N) is 1. The van der Waals surface area contributed by atoms with E-state index in [0.717, 1.165) is 23.1 Å². The van der Waals surface area contributed by atoms with Crippen LogP contribution in [0.25, 0.3) is 10.8 Å². The van der Waals surface area contributed by atoms with Gasteiger partial charge in [0.1, 0.15) is 0 Å². The van der Waals surface area contributed by atoms with E-state index in [1.807, 2.05) is 18.3 Å². The molecule has 0 saturated heterocycles. The van der Waals surface area contributed by atoms with E-state index in [1.165, 1.54) is 0 Å². The van der Waals surface area contributed by atoms with Gasteiger partial charge < -0.3 is 5.32 Å². The molecule has 1 saturated carbocycles. The van der Waals surface area contributed by atoms with Crippen molar-refractivity contribution in [1.82, 2.24) is 10.2 Å². The molecule has 1 fully saturated rings. The number of hydrogen-bond acceptors (Lipinski definition) is 3. The first kappa shape index (κ1) is 12.4. The van der Waals surface area contributed by atoms with Gasteiger partial charge >= 0.3 is 0 Å². The molecule has 0 spiro atoms. The summed E-state index contributed by atoms with van der Waals surface area (Å²) in [5, 5.41) is 14.1. The highest BCUT2D eigenvalue weighted by molar-refractivity contribution is 5.90. The molecule has 0 amide bonds. The van der Waals surface area contributed by atoms with Crippen molar-refractivity contribution in [3.8, 4) is 0 Å². The van der Waals surface area contributed by atoms with Crippen LogP contribution in [0.2, 0.25) is 0 Å². The molecule has 3 heteroatoms. The molecule has 3 nitrogen and oxygen atoms in total. The first-order valence-corrected chi connectivity index (χ1v) is 6.89. The van der Waals surface area contributed by atoms with Crippen molar-refractivity contribution >= 4 is 16.6 Å². The zero-order valence-electron chi connectivity index (χ0n) is 12.1. The Hall–Kier alpha value is -1.64. The van der Waals surface area contributed by atoms with Crippen molar-refractivity contribution in [3.63, 3.8) is 0 Å². The number of aromatic nitrogens is 2. The van der Waals surface area contributed by atoms with Crippen LogP contribution in [-0.2, 0) is 0 Å². The maximum Gasteiger partial charge on any atom is 0.156 e. The van der Waals surface area contributed by atoms with Gasteiger partial charge in [0.25, 0.3) is 0 Å². The van der Waals surface area contributed by atoms with E-state index in [0.29, 0.717) is 16.7 Å². The summed E-state index contributed by atoms with van der Waals surface area (Å²) in [7, 11) is 0. The predicted octanol–water partition coefficient (Wildman–Crippen LogP) is 3.72. The quantitative estimate of drug-likeness (QED) is 0.908. The van der Waals surface area contributed by atoms with Crippen molar-refractivity contribution in [3.05, 3.63) is 30.5 Å². The van der Waals surface area contributed by atoms with E-state index in [2.05, 4.69) is 55.3 Å². The van der Waals surface area contributed by atoms with E-state index >= 15 is 0 Å². The summed E-state index contributed by atoms with van der Waals surface area (Å²) >= 11 is 0. The van der Waals surface area contributed by atoms with E-state index in [1.54, 1.807) is 0 Å². The van der Waals surface area contributed by atoms with Gasteiger partial charge in [-0.25, -0.2) is 0 Å². The Labute approximate surface area is 114 Å². The molecule has 2 aromatic rings. The van der Waals surface area contributed by atoms with Gasteiger partial charge in [0.05, 0.1) is 6.20 Å². The minimum absolute atomic E-state index is 0.401. The molecule has 1 aromatic carbocycles. The molecular formula is C16H21N3. The van der Waals surface area contributed by atoms with Crippen molar-refractivity contribution in [2.75, 3.05) is 11.9 Å². The van der Waals surface area contributed by atoms with E-state index in [4.69, 9.17) is 0 Å². The van der Waals surface area contributed by atoms with Crippen molar-refractivity contribution < 1.29 is 0 Å². The molecule has 19 heavy (non-hydrogen) atoms. The van der Waals surface area contributed by atoms with Gasteiger partial charge in [-0.1, -0.05) is 52.0 Å². The van der Waals surface area contributed by atoms with Crippen LogP contribution in [-0.4, -0.2) is 16.7 Å². The van der Waals surface area contributed by atoms with Crippen molar-refractivity contribution in [2.24, 2.45) is 16.7 Å². The number of hydrogen-bond donors (Lipinski definition) is 1. The largest absolute Gasteiger partial charge is 0.368 e. The van der Waals surface area contributed by atoms with Crippen LogP contribution in [0.5, 0.6) is 0 Å². The highest BCUT2D eigenvalue weighted by Gasteiger charge is 2.64. The molecule has 100 valence electrons. The maximum atomic E-state index is 4.24. The number of nitrogens with zero attached hydrogens (tertiary/aromatic N) is 2. The van der Waals surface area contributed by atoms with Crippen LogP contribution >= 0.6 is 0 Å². The Morgan fingerprint density at radius 1 is 1.11 bits per heavy atom. The van der Waals surface area contributed by atoms with Gasteiger partial charge in [-0.3, -0.25) is 0 Å². The monoisotopic (exact) mass is 255 g/mol. The van der Waals surface area contributed by atoms with E-state index in [9.17, 15) is 0 Å². The van der Waals surface area contributed by atoms with Crippen LogP contribution in [0, 0.1) is 16.7 Å². The minimum Gasteiger partial charge on any atom is -0.368 e. The molecule has 3 rings (SSSR count). The first-order chi connectivity index (χ1) is 8.94. The predicted molar refractivity (Wildman–Crippen MR) is 79.1 cm³/mol. The second-order valence-corrected chi connectivity index (χ2v) is 6.66. The lowest BCUT2D eigenvalue weighted by atomic mass is 10.0. The third-order valence-corrected chi connectivity index (χ3v) is 5.36. The highest BCUT2D eigenvalue weighted by atomic mass is 15.2. The fourth-order valence-corrected chi connectivity index (χ4v) is 3.20. The van der Waals surface area contributed by atoms with Gasteiger partial charge in [0.2, 0.25) is 0 Å². The highest BCUT2D eigenvalue weighted by Crippen LogP contribution is 2.68. The van der Waals surface area contributed by atoms with Crippen LogP contribution in [0.3, 0.4) is 0 Å². The lowest BCUT2D eigenvalue weighted by Crippen LogP contribution is -2.10.